The average Bonchev–Trinajstić information content (AvgIpc) is 2.22. The molecule has 0 atom stereocenters. The second kappa shape index (κ2) is 18.5. The van der Waals surface area contributed by atoms with E-state index in [0.29, 0.717) is 26.2 Å². The molecule has 0 radical (unpaired) electrons. The van der Waals surface area contributed by atoms with E-state index in [1.807, 2.05) is 0 Å². The third-order valence-electron chi connectivity index (χ3n) is 1.14. The Morgan fingerprint density at radius 1 is 0.714 bits per heavy atom. The van der Waals surface area contributed by atoms with Crippen LogP contribution in [0.25, 0.3) is 0 Å². The van der Waals surface area contributed by atoms with E-state index >= 15 is 0 Å². The Kier molecular flexibility index (Phi) is 21.3. The van der Waals surface area contributed by atoms with Gasteiger partial charge >= 0.3 is 0 Å². The van der Waals surface area contributed by atoms with E-state index in [4.69, 9.17) is 21.1 Å². The summed E-state index contributed by atoms with van der Waals surface area (Å²) in [7, 11) is 0. The first-order chi connectivity index (χ1) is 6.83. The third-order valence-corrected chi connectivity index (χ3v) is 1.14. The maximum absolute atomic E-state index is 8.16. The van der Waals surface area contributed by atoms with Gasteiger partial charge in [0.2, 0.25) is 0 Å². The van der Waals surface area contributed by atoms with Crippen LogP contribution in [0.4, 0.5) is 0 Å². The predicted octanol–water partition coefficient (Wildman–Crippen LogP) is -3.45. The summed E-state index contributed by atoms with van der Waals surface area (Å²) in [5.74, 6) is 0. The van der Waals surface area contributed by atoms with Gasteiger partial charge < -0.3 is 21.1 Å². The molecule has 0 rings (SSSR count). The van der Waals surface area contributed by atoms with Gasteiger partial charge in [-0.2, -0.15) is 0 Å². The molecular formula is C7H22N4O3. The van der Waals surface area contributed by atoms with Crippen molar-refractivity contribution in [2.24, 2.45) is 5.73 Å². The topological polar surface area (TPSA) is 123 Å². The molecule has 0 unspecified atom stereocenters. The van der Waals surface area contributed by atoms with Crippen molar-refractivity contribution in [2.45, 2.75) is 0 Å². The van der Waals surface area contributed by atoms with Crippen LogP contribution >= 0.6 is 0 Å². The van der Waals surface area contributed by atoms with Gasteiger partial charge in [-0.25, -0.2) is 0 Å². The van der Waals surface area contributed by atoms with E-state index in [1.54, 1.807) is 0 Å². The van der Waals surface area contributed by atoms with Crippen LogP contribution in [0, 0.1) is 0 Å². The Hall–Kier alpha value is -0.280. The van der Waals surface area contributed by atoms with E-state index in [-0.39, 0.29) is 20.2 Å². The van der Waals surface area contributed by atoms with Crippen LogP contribution in [0.1, 0.15) is 0 Å². The molecule has 0 fully saturated rings. The highest BCUT2D eigenvalue weighted by molar-refractivity contribution is 4.42. The maximum Gasteiger partial charge on any atom is 0.0931 e. The van der Waals surface area contributed by atoms with Crippen molar-refractivity contribution in [1.82, 2.24) is 16.0 Å². The molecule has 0 saturated carbocycles. The van der Waals surface area contributed by atoms with Gasteiger partial charge in [0.1, 0.15) is 0 Å². The van der Waals surface area contributed by atoms with Gasteiger partial charge in [0.05, 0.1) is 20.2 Å². The lowest BCUT2D eigenvalue weighted by atomic mass is 10.6. The molecule has 0 aliphatic heterocycles. The van der Waals surface area contributed by atoms with Crippen molar-refractivity contribution in [3.05, 3.63) is 0 Å². The summed E-state index contributed by atoms with van der Waals surface area (Å²) in [6.07, 6.45) is 0. The molecule has 0 aliphatic carbocycles. The molecule has 14 heavy (non-hydrogen) atoms. The number of hydrogen-bond donors (Lipinski definition) is 7. The zero-order chi connectivity index (χ0) is 11.1. The number of nitrogens with one attached hydrogen (secondary N) is 3. The minimum absolute atomic E-state index is 0.00684. The largest absolute Gasteiger partial charge is 0.381 e. The molecule has 0 amide bonds. The molecule has 0 aromatic rings. The molecule has 0 spiro atoms. The Balaban J connectivity index is 0. The normalized spacial score (nSPS) is 9.43. The van der Waals surface area contributed by atoms with Gasteiger partial charge in [-0.1, -0.05) is 0 Å². The van der Waals surface area contributed by atoms with Crippen LogP contribution in [-0.4, -0.2) is 61.7 Å². The quantitative estimate of drug-likeness (QED) is 0.164. The van der Waals surface area contributed by atoms with Gasteiger partial charge in [-0.3, -0.25) is 16.0 Å². The van der Waals surface area contributed by atoms with Crippen LogP contribution in [0.3, 0.4) is 0 Å². The standard InChI is InChI=1S/C4H12N2O2.C3H10N2O/c7-3-5-1-2-6-4-8;4-1-2-5-3-6/h5-8H,1-4H2;5-6H,1-4H2. The van der Waals surface area contributed by atoms with Crippen LogP contribution in [0.5, 0.6) is 0 Å². The number of aliphatic hydroxyl groups excluding tert-OH is 3. The maximum atomic E-state index is 8.16. The summed E-state index contributed by atoms with van der Waals surface area (Å²) < 4.78 is 0. The van der Waals surface area contributed by atoms with E-state index in [1.165, 1.54) is 0 Å². The van der Waals surface area contributed by atoms with Gasteiger partial charge in [0, 0.05) is 26.2 Å². The molecule has 7 nitrogen and oxygen atoms in total. The third kappa shape index (κ3) is 22.6. The van der Waals surface area contributed by atoms with E-state index in [9.17, 15) is 0 Å². The first-order valence-electron chi connectivity index (χ1n) is 4.48. The fourth-order valence-corrected chi connectivity index (χ4v) is 0.516. The number of hydrogen-bond acceptors (Lipinski definition) is 7. The average molecular weight is 210 g/mol. The summed E-state index contributed by atoms with van der Waals surface area (Å²) in [5, 5.41) is 32.3. The molecule has 0 heterocycles. The number of nitrogens with two attached hydrogens (primary N) is 1. The minimum atomic E-state index is -0.00684. The first-order valence-corrected chi connectivity index (χ1v) is 4.48. The van der Waals surface area contributed by atoms with Crippen molar-refractivity contribution in [2.75, 3.05) is 46.4 Å². The number of rotatable bonds is 8. The van der Waals surface area contributed by atoms with Crippen LogP contribution in [0.15, 0.2) is 0 Å². The minimum Gasteiger partial charge on any atom is -0.381 e. The molecule has 0 aromatic carbocycles. The molecule has 8 N–H and O–H groups in total. The lowest BCUT2D eigenvalue weighted by molar-refractivity contribution is 0.243. The summed E-state index contributed by atoms with van der Waals surface area (Å²) in [4.78, 5) is 0. The molecule has 0 aliphatic rings. The monoisotopic (exact) mass is 210 g/mol. The van der Waals surface area contributed by atoms with Gasteiger partial charge in [-0.15, -0.1) is 0 Å². The highest BCUT2D eigenvalue weighted by atomic mass is 16.3. The van der Waals surface area contributed by atoms with Gasteiger partial charge in [0.25, 0.3) is 0 Å². The van der Waals surface area contributed by atoms with E-state index < -0.39 is 0 Å². The molecule has 88 valence electrons. The van der Waals surface area contributed by atoms with E-state index in [0.717, 1.165) is 0 Å². The van der Waals surface area contributed by atoms with Crippen molar-refractivity contribution in [3.63, 3.8) is 0 Å². The zero-order valence-corrected chi connectivity index (χ0v) is 8.37. The van der Waals surface area contributed by atoms with Crippen molar-refractivity contribution < 1.29 is 15.3 Å². The Bertz CT molecular complexity index is 77.3. The Labute approximate surface area is 84.3 Å². The fourth-order valence-electron chi connectivity index (χ4n) is 0.516. The molecule has 0 aromatic heterocycles. The highest BCUT2D eigenvalue weighted by Crippen LogP contribution is 1.53. The molecule has 0 saturated heterocycles. The van der Waals surface area contributed by atoms with E-state index in [2.05, 4.69) is 16.0 Å². The summed E-state index contributed by atoms with van der Waals surface area (Å²) in [6, 6.07) is 0. The predicted molar refractivity (Wildman–Crippen MR) is 54.3 cm³/mol. The second-order valence-electron chi connectivity index (χ2n) is 2.26. The molecule has 7 heteroatoms. The van der Waals surface area contributed by atoms with Crippen molar-refractivity contribution >= 4 is 0 Å². The first kappa shape index (κ1) is 16.2. The molecular weight excluding hydrogens is 188 g/mol. The lowest BCUT2D eigenvalue weighted by Gasteiger charge is -1.98. The second-order valence-corrected chi connectivity index (χ2v) is 2.26. The van der Waals surface area contributed by atoms with Crippen LogP contribution in [-0.2, 0) is 0 Å². The van der Waals surface area contributed by atoms with Gasteiger partial charge in [0.15, 0.2) is 0 Å². The van der Waals surface area contributed by atoms with Crippen molar-refractivity contribution in [1.29, 1.82) is 0 Å². The van der Waals surface area contributed by atoms with Crippen LogP contribution in [0.2, 0.25) is 0 Å². The highest BCUT2D eigenvalue weighted by Gasteiger charge is 1.80. The smallest absolute Gasteiger partial charge is 0.0931 e. The summed E-state index contributed by atoms with van der Waals surface area (Å²) in [5.41, 5.74) is 5.04. The Morgan fingerprint density at radius 3 is 1.29 bits per heavy atom. The summed E-state index contributed by atoms with van der Waals surface area (Å²) >= 11 is 0. The van der Waals surface area contributed by atoms with Crippen LogP contribution < -0.4 is 21.7 Å². The summed E-state index contributed by atoms with van der Waals surface area (Å²) in [6.45, 7) is 2.64. The van der Waals surface area contributed by atoms with Gasteiger partial charge in [-0.05, 0) is 0 Å². The fraction of sp³-hybridized carbons (Fsp3) is 1.00. The zero-order valence-electron chi connectivity index (χ0n) is 8.37. The number of aliphatic hydroxyl groups is 3. The molecule has 0 bridgehead atoms. The van der Waals surface area contributed by atoms with Crippen molar-refractivity contribution in [3.8, 4) is 0 Å². The lowest BCUT2D eigenvalue weighted by Crippen LogP contribution is -2.28. The SMILES string of the molecule is NCCNCO.OCNCCNCO. The Morgan fingerprint density at radius 2 is 1.07 bits per heavy atom.